The number of rotatable bonds is 5. The van der Waals surface area contributed by atoms with E-state index in [0.29, 0.717) is 19.8 Å². The Morgan fingerprint density at radius 2 is 2.00 bits per heavy atom. The first-order chi connectivity index (χ1) is 7.43. The summed E-state index contributed by atoms with van der Waals surface area (Å²) in [7, 11) is -1.84. The quantitative estimate of drug-likeness (QED) is 0.556. The molecule has 96 valence electrons. The Morgan fingerprint density at radius 1 is 1.44 bits per heavy atom. The number of hydrogen-bond acceptors (Lipinski definition) is 4. The third kappa shape index (κ3) is 4.00. The molecule has 0 aliphatic carbocycles. The third-order valence-electron chi connectivity index (χ3n) is 2.29. The fourth-order valence-electron chi connectivity index (χ4n) is 1.21. The lowest BCUT2D eigenvalue weighted by molar-refractivity contribution is 0.0300. The Balaban J connectivity index is 2.59. The maximum absolute atomic E-state index is 12.4. The van der Waals surface area contributed by atoms with Crippen molar-refractivity contribution in [3.8, 4) is 0 Å². The molecule has 0 radical (unpaired) electrons. The molecule has 4 nitrogen and oxygen atoms in total. The van der Waals surface area contributed by atoms with Gasteiger partial charge in [-0.3, -0.25) is 9.05 Å². The van der Waals surface area contributed by atoms with Crippen LogP contribution in [0.25, 0.3) is 0 Å². The van der Waals surface area contributed by atoms with Gasteiger partial charge in [0.05, 0.1) is 13.2 Å². The lowest BCUT2D eigenvalue weighted by Crippen LogP contribution is -2.32. The number of hydrogen-bond donors (Lipinski definition) is 0. The molecule has 1 fully saturated rings. The van der Waals surface area contributed by atoms with Gasteiger partial charge in [0.2, 0.25) is 0 Å². The number of unbranched alkanes of at least 4 members (excludes halogenated alkanes) is 1. The van der Waals surface area contributed by atoms with Crippen molar-refractivity contribution in [3.05, 3.63) is 0 Å². The van der Waals surface area contributed by atoms with Crippen molar-refractivity contribution in [2.24, 2.45) is 5.41 Å². The van der Waals surface area contributed by atoms with Gasteiger partial charge < -0.3 is 0 Å². The Morgan fingerprint density at radius 3 is 2.44 bits per heavy atom. The highest BCUT2D eigenvalue weighted by atomic mass is 79.9. The van der Waals surface area contributed by atoms with E-state index >= 15 is 0 Å². The molecule has 0 spiro atoms. The van der Waals surface area contributed by atoms with E-state index in [0.717, 1.165) is 12.8 Å². The van der Waals surface area contributed by atoms with E-state index in [9.17, 15) is 4.57 Å². The summed E-state index contributed by atoms with van der Waals surface area (Å²) in [5.41, 5.74) is -0.0543. The molecule has 0 saturated carbocycles. The van der Waals surface area contributed by atoms with Crippen LogP contribution in [0.2, 0.25) is 0 Å². The van der Waals surface area contributed by atoms with Gasteiger partial charge in [0.15, 0.2) is 0 Å². The van der Waals surface area contributed by atoms with E-state index in [1.807, 2.05) is 13.8 Å². The van der Waals surface area contributed by atoms with Crippen molar-refractivity contribution in [1.29, 1.82) is 0 Å². The fourth-order valence-corrected chi connectivity index (χ4v) is 5.60. The van der Waals surface area contributed by atoms with Crippen LogP contribution in [0.3, 0.4) is 0 Å². The predicted octanol–water partition coefficient (Wildman–Crippen LogP) is 4.23. The van der Waals surface area contributed by atoms with Crippen LogP contribution < -0.4 is 0 Å². The van der Waals surface area contributed by atoms with E-state index in [4.69, 9.17) is 9.05 Å². The van der Waals surface area contributed by atoms with E-state index in [1.165, 1.54) is 10.4 Å². The zero-order valence-corrected chi connectivity index (χ0v) is 13.2. The lowest BCUT2D eigenvalue weighted by Gasteiger charge is -2.37. The minimum absolute atomic E-state index is 0.0543. The highest BCUT2D eigenvalue weighted by molar-refractivity contribution is 9.49. The summed E-state index contributed by atoms with van der Waals surface area (Å²) in [5, 5.41) is 0. The molecular formula is C9H19BrNO3PS. The second-order valence-electron chi connectivity index (χ2n) is 4.68. The molecule has 16 heavy (non-hydrogen) atoms. The molecular weight excluding hydrogens is 313 g/mol. The Hall–Kier alpha value is 0.940. The summed E-state index contributed by atoms with van der Waals surface area (Å²) in [5.74, 6) is 0. The highest BCUT2D eigenvalue weighted by Crippen LogP contribution is 2.60. The van der Waals surface area contributed by atoms with Gasteiger partial charge in [-0.1, -0.05) is 27.2 Å². The van der Waals surface area contributed by atoms with Crippen LogP contribution >= 0.6 is 32.9 Å². The molecule has 0 aromatic heterocycles. The van der Waals surface area contributed by atoms with Gasteiger partial charge in [-0.2, -0.15) is 0 Å². The summed E-state index contributed by atoms with van der Waals surface area (Å²) in [6, 6.07) is 0. The molecule has 0 bridgehead atoms. The van der Waals surface area contributed by atoms with Crippen LogP contribution in [0.5, 0.6) is 0 Å². The summed E-state index contributed by atoms with van der Waals surface area (Å²) in [4.78, 5) is 0. The van der Waals surface area contributed by atoms with Crippen LogP contribution in [-0.2, 0) is 13.6 Å². The molecule has 0 amide bonds. The first kappa shape index (κ1) is 15.0. The van der Waals surface area contributed by atoms with E-state index < -0.39 is 7.75 Å². The van der Waals surface area contributed by atoms with Crippen LogP contribution in [0, 0.1) is 5.41 Å². The van der Waals surface area contributed by atoms with E-state index in [2.05, 4.69) is 21.7 Å². The molecule has 0 unspecified atom stereocenters. The molecule has 1 rings (SSSR count). The van der Waals surface area contributed by atoms with E-state index in [1.54, 1.807) is 4.08 Å². The van der Waals surface area contributed by atoms with Gasteiger partial charge in [0, 0.05) is 37.2 Å². The van der Waals surface area contributed by atoms with Crippen molar-refractivity contribution in [2.75, 3.05) is 19.8 Å². The van der Waals surface area contributed by atoms with Crippen molar-refractivity contribution in [2.45, 2.75) is 33.6 Å². The maximum Gasteiger partial charge on any atom is 0.418 e. The number of halogens is 1. The molecule has 7 heteroatoms. The van der Waals surface area contributed by atoms with Gasteiger partial charge in [-0.05, 0) is 6.42 Å². The van der Waals surface area contributed by atoms with Gasteiger partial charge in [-0.25, -0.2) is 4.57 Å². The Bertz CT molecular complexity index is 263. The van der Waals surface area contributed by atoms with Crippen LogP contribution in [-0.4, -0.2) is 23.8 Å². The average Bonchev–Trinajstić information content (AvgIpc) is 2.24. The highest BCUT2D eigenvalue weighted by Gasteiger charge is 2.41. The topological polar surface area (TPSA) is 38.8 Å². The minimum Gasteiger partial charge on any atom is -0.295 e. The first-order valence-electron chi connectivity index (χ1n) is 5.39. The second-order valence-corrected chi connectivity index (χ2v) is 8.33. The summed E-state index contributed by atoms with van der Waals surface area (Å²) in [6.07, 6.45) is 2.02. The second kappa shape index (κ2) is 6.21. The van der Waals surface area contributed by atoms with Crippen LogP contribution in [0.4, 0.5) is 0 Å². The smallest absolute Gasteiger partial charge is 0.295 e. The standard InChI is InChI=1S/C9H19BrNO3PS/c1-4-5-6-11(16-10)15(12)13-7-9(2,3)8-14-15/h4-8H2,1-3H3. The average molecular weight is 332 g/mol. The van der Waals surface area contributed by atoms with Crippen LogP contribution in [0.1, 0.15) is 33.6 Å². The molecule has 1 aliphatic rings. The monoisotopic (exact) mass is 331 g/mol. The van der Waals surface area contributed by atoms with Crippen molar-refractivity contribution in [3.63, 3.8) is 0 Å². The normalized spacial score (nSPS) is 23.6. The minimum atomic E-state index is -3.08. The molecule has 1 saturated heterocycles. The molecule has 1 heterocycles. The predicted molar refractivity (Wildman–Crippen MR) is 71.4 cm³/mol. The van der Waals surface area contributed by atoms with Gasteiger partial charge in [0.1, 0.15) is 0 Å². The Kier molecular flexibility index (Phi) is 5.82. The molecule has 0 aromatic carbocycles. The van der Waals surface area contributed by atoms with E-state index in [-0.39, 0.29) is 5.41 Å². The van der Waals surface area contributed by atoms with Crippen molar-refractivity contribution >= 4 is 32.9 Å². The van der Waals surface area contributed by atoms with Gasteiger partial charge in [-0.15, -0.1) is 4.08 Å². The molecule has 1 aliphatic heterocycles. The Labute approximate surface area is 109 Å². The summed E-state index contributed by atoms with van der Waals surface area (Å²) >= 11 is 3.26. The van der Waals surface area contributed by atoms with Crippen LogP contribution in [0.15, 0.2) is 0 Å². The van der Waals surface area contributed by atoms with Crippen molar-refractivity contribution in [1.82, 2.24) is 4.08 Å². The zero-order chi connectivity index (χ0) is 12.2. The maximum atomic E-state index is 12.4. The SMILES string of the molecule is CCCCN(SBr)P1(=O)OCC(C)(C)CO1. The summed E-state index contributed by atoms with van der Waals surface area (Å²) in [6.45, 7) is 7.81. The van der Waals surface area contributed by atoms with Crippen molar-refractivity contribution < 1.29 is 13.6 Å². The fraction of sp³-hybridized carbons (Fsp3) is 1.00. The lowest BCUT2D eigenvalue weighted by atomic mass is 9.97. The summed E-state index contributed by atoms with van der Waals surface area (Å²) < 4.78 is 24.9. The largest absolute Gasteiger partial charge is 0.418 e. The molecule has 0 N–H and O–H groups in total. The first-order valence-corrected chi connectivity index (χ1v) is 9.50. The third-order valence-corrected chi connectivity index (χ3v) is 6.86. The van der Waals surface area contributed by atoms with Gasteiger partial charge in [0.25, 0.3) is 0 Å². The van der Waals surface area contributed by atoms with Gasteiger partial charge >= 0.3 is 7.75 Å². The number of nitrogens with zero attached hydrogens (tertiary/aromatic N) is 1. The zero-order valence-electron chi connectivity index (χ0n) is 9.94. The molecule has 0 aromatic rings. The molecule has 0 atom stereocenters.